The summed E-state index contributed by atoms with van der Waals surface area (Å²) >= 11 is 0. The van der Waals surface area contributed by atoms with Crippen molar-refractivity contribution in [1.29, 1.82) is 0 Å². The van der Waals surface area contributed by atoms with Crippen LogP contribution in [-0.2, 0) is 4.79 Å². The van der Waals surface area contributed by atoms with Crippen LogP contribution in [0.15, 0.2) is 36.9 Å². The number of hydrogen-bond donors (Lipinski definition) is 1. The molecule has 1 saturated heterocycles. The molecule has 0 aromatic heterocycles. The first-order valence-corrected chi connectivity index (χ1v) is 6.03. The Morgan fingerprint density at radius 3 is 2.74 bits per heavy atom. The van der Waals surface area contributed by atoms with Crippen molar-refractivity contribution in [3.8, 4) is 0 Å². The molecule has 1 aromatic carbocycles. The summed E-state index contributed by atoms with van der Waals surface area (Å²) in [6.07, 6.45) is 2.44. The van der Waals surface area contributed by atoms with Crippen molar-refractivity contribution in [3.63, 3.8) is 0 Å². The Morgan fingerprint density at radius 1 is 1.47 bits per heavy atom. The molecule has 6 nitrogen and oxygen atoms in total. The van der Waals surface area contributed by atoms with Gasteiger partial charge in [0.2, 0.25) is 5.91 Å². The molecular formula is C13H15N3O3. The van der Waals surface area contributed by atoms with Crippen molar-refractivity contribution in [2.75, 3.05) is 18.0 Å². The number of nitro benzene ring substituents is 1. The van der Waals surface area contributed by atoms with Gasteiger partial charge in [-0.1, -0.05) is 6.08 Å². The predicted molar refractivity (Wildman–Crippen MR) is 72.1 cm³/mol. The number of carbonyl (C=O) groups excluding carboxylic acids is 1. The van der Waals surface area contributed by atoms with E-state index in [1.54, 1.807) is 23.1 Å². The van der Waals surface area contributed by atoms with Gasteiger partial charge in [0, 0.05) is 30.9 Å². The summed E-state index contributed by atoms with van der Waals surface area (Å²) in [5.41, 5.74) is 0.718. The number of hydrogen-bond acceptors (Lipinski definition) is 4. The Bertz CT molecular complexity index is 498. The topological polar surface area (TPSA) is 75.5 Å². The zero-order valence-electron chi connectivity index (χ0n) is 10.4. The molecule has 6 heteroatoms. The Kier molecular flexibility index (Phi) is 3.91. The quantitative estimate of drug-likeness (QED) is 0.495. The van der Waals surface area contributed by atoms with Crippen molar-refractivity contribution < 1.29 is 9.72 Å². The second kappa shape index (κ2) is 5.62. The van der Waals surface area contributed by atoms with Gasteiger partial charge in [-0.25, -0.2) is 0 Å². The monoisotopic (exact) mass is 261 g/mol. The van der Waals surface area contributed by atoms with Gasteiger partial charge in [0.1, 0.15) is 0 Å². The van der Waals surface area contributed by atoms with Crippen molar-refractivity contribution in [3.05, 3.63) is 47.0 Å². The number of amides is 1. The molecule has 0 aliphatic carbocycles. The molecule has 1 aromatic rings. The highest BCUT2D eigenvalue weighted by atomic mass is 16.6. The van der Waals surface area contributed by atoms with Crippen molar-refractivity contribution in [2.24, 2.45) is 0 Å². The van der Waals surface area contributed by atoms with Crippen molar-refractivity contribution in [2.45, 2.75) is 12.5 Å². The summed E-state index contributed by atoms with van der Waals surface area (Å²) in [7, 11) is 0. The van der Waals surface area contributed by atoms with E-state index in [0.717, 1.165) is 6.42 Å². The molecule has 1 amide bonds. The van der Waals surface area contributed by atoms with E-state index in [0.29, 0.717) is 18.8 Å². The number of benzene rings is 1. The molecule has 0 saturated carbocycles. The molecule has 0 bridgehead atoms. The van der Waals surface area contributed by atoms with E-state index in [2.05, 4.69) is 11.9 Å². The van der Waals surface area contributed by atoms with E-state index in [-0.39, 0.29) is 17.6 Å². The Hall–Kier alpha value is -2.21. The molecule has 1 atom stereocenters. The van der Waals surface area contributed by atoms with Crippen LogP contribution in [0.1, 0.15) is 6.42 Å². The van der Waals surface area contributed by atoms with Crippen LogP contribution in [0.3, 0.4) is 0 Å². The number of nitrogens with one attached hydrogen (secondary N) is 1. The summed E-state index contributed by atoms with van der Waals surface area (Å²) < 4.78 is 0. The molecule has 0 radical (unpaired) electrons. The highest BCUT2D eigenvalue weighted by Crippen LogP contribution is 2.24. The first-order chi connectivity index (χ1) is 9.13. The molecule has 1 aliphatic heterocycles. The van der Waals surface area contributed by atoms with E-state index in [1.807, 2.05) is 0 Å². The highest BCUT2D eigenvalue weighted by Gasteiger charge is 2.31. The third-order valence-corrected chi connectivity index (χ3v) is 3.09. The lowest BCUT2D eigenvalue weighted by Crippen LogP contribution is -2.38. The molecule has 1 N–H and O–H groups in total. The second-order valence-electron chi connectivity index (χ2n) is 4.30. The zero-order valence-corrected chi connectivity index (χ0v) is 10.4. The number of rotatable bonds is 5. The molecule has 1 unspecified atom stereocenters. The first-order valence-electron chi connectivity index (χ1n) is 6.03. The molecule has 1 fully saturated rings. The van der Waals surface area contributed by atoms with Gasteiger partial charge in [-0.05, 0) is 18.6 Å². The minimum atomic E-state index is -0.454. The maximum atomic E-state index is 12.1. The molecular weight excluding hydrogens is 246 g/mol. The Morgan fingerprint density at radius 2 is 2.16 bits per heavy atom. The normalized spacial score (nSPS) is 18.6. The average molecular weight is 261 g/mol. The minimum absolute atomic E-state index is 0.00398. The molecule has 2 rings (SSSR count). The molecule has 100 valence electrons. The highest BCUT2D eigenvalue weighted by molar-refractivity contribution is 5.99. The number of anilines is 1. The van der Waals surface area contributed by atoms with Crippen LogP contribution in [0.2, 0.25) is 0 Å². The van der Waals surface area contributed by atoms with Gasteiger partial charge < -0.3 is 10.2 Å². The summed E-state index contributed by atoms with van der Waals surface area (Å²) in [6.45, 7) is 4.80. The van der Waals surface area contributed by atoms with Gasteiger partial charge in [0.05, 0.1) is 11.0 Å². The van der Waals surface area contributed by atoms with Gasteiger partial charge >= 0.3 is 0 Å². The number of carbonyl (C=O) groups is 1. The lowest BCUT2D eigenvalue weighted by atomic mass is 10.2. The number of nitro groups is 1. The van der Waals surface area contributed by atoms with Crippen molar-refractivity contribution >= 4 is 17.3 Å². The lowest BCUT2D eigenvalue weighted by molar-refractivity contribution is -0.384. The fourth-order valence-electron chi connectivity index (χ4n) is 2.11. The zero-order chi connectivity index (χ0) is 13.8. The minimum Gasteiger partial charge on any atom is -0.311 e. The molecule has 19 heavy (non-hydrogen) atoms. The van der Waals surface area contributed by atoms with Gasteiger partial charge in [-0.15, -0.1) is 6.58 Å². The SMILES string of the molecule is C=CCNC1CCN(c2ccc([N+](=O)[O-])cc2)C1=O. The Balaban J connectivity index is 2.08. The van der Waals surface area contributed by atoms with Crippen LogP contribution in [0, 0.1) is 10.1 Å². The van der Waals surface area contributed by atoms with E-state index < -0.39 is 4.92 Å². The standard InChI is InChI=1S/C13H15N3O3/c1-2-8-14-12-7-9-15(13(12)17)10-3-5-11(6-4-10)16(18)19/h2-6,12,14H,1,7-9H2. The third-order valence-electron chi connectivity index (χ3n) is 3.09. The van der Waals surface area contributed by atoms with Crippen LogP contribution in [0.4, 0.5) is 11.4 Å². The first kappa shape index (κ1) is 13.2. The maximum Gasteiger partial charge on any atom is 0.269 e. The van der Waals surface area contributed by atoms with Gasteiger partial charge in [-0.2, -0.15) is 0 Å². The second-order valence-corrected chi connectivity index (χ2v) is 4.30. The van der Waals surface area contributed by atoms with Crippen LogP contribution in [0.5, 0.6) is 0 Å². The van der Waals surface area contributed by atoms with Gasteiger partial charge in [-0.3, -0.25) is 14.9 Å². The number of nitrogens with zero attached hydrogens (tertiary/aromatic N) is 2. The summed E-state index contributed by atoms with van der Waals surface area (Å²) in [6, 6.07) is 5.83. The number of non-ortho nitro benzene ring substituents is 1. The maximum absolute atomic E-state index is 12.1. The van der Waals surface area contributed by atoms with Crippen LogP contribution >= 0.6 is 0 Å². The smallest absolute Gasteiger partial charge is 0.269 e. The van der Waals surface area contributed by atoms with Crippen LogP contribution in [0.25, 0.3) is 0 Å². The van der Waals surface area contributed by atoms with E-state index in [1.165, 1.54) is 12.1 Å². The summed E-state index contributed by atoms with van der Waals surface area (Å²) in [5, 5.41) is 13.7. The largest absolute Gasteiger partial charge is 0.311 e. The van der Waals surface area contributed by atoms with E-state index in [4.69, 9.17) is 0 Å². The summed E-state index contributed by atoms with van der Waals surface area (Å²) in [4.78, 5) is 23.9. The molecule has 0 spiro atoms. The fraction of sp³-hybridized carbons (Fsp3) is 0.308. The lowest BCUT2D eigenvalue weighted by Gasteiger charge is -2.16. The molecule has 1 heterocycles. The van der Waals surface area contributed by atoms with Gasteiger partial charge in [0.15, 0.2) is 0 Å². The average Bonchev–Trinajstić information content (AvgIpc) is 2.78. The molecule has 1 aliphatic rings. The fourth-order valence-corrected chi connectivity index (χ4v) is 2.11. The predicted octanol–water partition coefficient (Wildman–Crippen LogP) is 1.48. The van der Waals surface area contributed by atoms with E-state index >= 15 is 0 Å². The van der Waals surface area contributed by atoms with Crippen LogP contribution < -0.4 is 10.2 Å². The third kappa shape index (κ3) is 2.79. The van der Waals surface area contributed by atoms with E-state index in [9.17, 15) is 14.9 Å². The van der Waals surface area contributed by atoms with Gasteiger partial charge in [0.25, 0.3) is 5.69 Å². The van der Waals surface area contributed by atoms with Crippen molar-refractivity contribution in [1.82, 2.24) is 5.32 Å². The Labute approximate surface area is 110 Å². The summed E-state index contributed by atoms with van der Waals surface area (Å²) in [5.74, 6) is -0.00398. The van der Waals surface area contributed by atoms with Crippen LogP contribution in [-0.4, -0.2) is 30.0 Å².